The van der Waals surface area contributed by atoms with E-state index in [1.165, 1.54) is 0 Å². The summed E-state index contributed by atoms with van der Waals surface area (Å²) in [6, 6.07) is 7.22. The van der Waals surface area contributed by atoms with Gasteiger partial charge in [-0.2, -0.15) is 13.2 Å². The Balaban J connectivity index is 1.95. The molecule has 0 atom stereocenters. The number of nitrogens with one attached hydrogen (secondary N) is 1. The number of aromatic nitrogens is 4. The normalized spacial score (nSPS) is 12.1. The number of fused-ring (bicyclic) bond motifs is 2. The topological polar surface area (TPSA) is 72.8 Å². The van der Waals surface area contributed by atoms with Gasteiger partial charge in [-0.05, 0) is 30.7 Å². The molecule has 0 bridgehead atoms. The Morgan fingerprint density at radius 3 is 2.63 bits per heavy atom. The minimum absolute atomic E-state index is 0.0388. The van der Waals surface area contributed by atoms with E-state index in [1.807, 2.05) is 19.1 Å². The first kappa shape index (κ1) is 19.9. The van der Waals surface area contributed by atoms with Crippen molar-refractivity contribution in [1.29, 1.82) is 0 Å². The summed E-state index contributed by atoms with van der Waals surface area (Å²) < 4.78 is 59.6. The number of rotatable bonds is 4. The fourth-order valence-corrected chi connectivity index (χ4v) is 3.32. The summed E-state index contributed by atoms with van der Waals surface area (Å²) in [7, 11) is 1.09. The molecular formula is C20H16F4N4O2. The average Bonchev–Trinajstić information content (AvgIpc) is 3.26. The number of alkyl halides is 3. The standard InChI is InChI=1S/C20H16F4N4O2/c1-3-11-5-4-10-6-15(26-17(10)25-11)18-27-14-7-12(19(29)30-2)13(21)8-16(14)28(18)9-20(22,23)24/h4-8H,3,9H2,1-2H3,(H,25,26). The predicted octanol–water partition coefficient (Wildman–Crippen LogP) is 4.63. The first-order valence-electron chi connectivity index (χ1n) is 9.04. The van der Waals surface area contributed by atoms with Gasteiger partial charge in [-0.15, -0.1) is 0 Å². The number of nitrogens with zero attached hydrogens (tertiary/aromatic N) is 3. The van der Waals surface area contributed by atoms with E-state index in [2.05, 4.69) is 19.7 Å². The molecular weight excluding hydrogens is 404 g/mol. The SMILES string of the molecule is CCc1ccc2cc(-c3nc4cc(C(=O)OC)c(F)cc4n3CC(F)(F)F)[nH]c2n1. The van der Waals surface area contributed by atoms with Crippen LogP contribution in [0, 0.1) is 5.82 Å². The molecule has 10 heteroatoms. The van der Waals surface area contributed by atoms with E-state index in [4.69, 9.17) is 0 Å². The van der Waals surface area contributed by atoms with Crippen LogP contribution in [0.3, 0.4) is 0 Å². The number of pyridine rings is 1. The number of methoxy groups -OCH3 is 1. The van der Waals surface area contributed by atoms with Crippen LogP contribution in [0.15, 0.2) is 30.3 Å². The number of benzene rings is 1. The number of halogens is 4. The molecule has 30 heavy (non-hydrogen) atoms. The van der Waals surface area contributed by atoms with Gasteiger partial charge in [-0.1, -0.05) is 6.92 Å². The first-order valence-corrected chi connectivity index (χ1v) is 9.04. The van der Waals surface area contributed by atoms with Crippen molar-refractivity contribution in [3.63, 3.8) is 0 Å². The van der Waals surface area contributed by atoms with Crippen LogP contribution in [-0.4, -0.2) is 38.8 Å². The second-order valence-electron chi connectivity index (χ2n) is 6.73. The van der Waals surface area contributed by atoms with Crippen LogP contribution in [0.5, 0.6) is 0 Å². The van der Waals surface area contributed by atoms with Gasteiger partial charge in [0, 0.05) is 17.1 Å². The Morgan fingerprint density at radius 1 is 1.20 bits per heavy atom. The van der Waals surface area contributed by atoms with Crippen molar-refractivity contribution >= 4 is 28.0 Å². The quantitative estimate of drug-likeness (QED) is 0.386. The van der Waals surface area contributed by atoms with E-state index in [9.17, 15) is 22.4 Å². The van der Waals surface area contributed by atoms with Crippen molar-refractivity contribution in [3.05, 3.63) is 47.4 Å². The zero-order valence-corrected chi connectivity index (χ0v) is 16.0. The van der Waals surface area contributed by atoms with Crippen LogP contribution < -0.4 is 0 Å². The van der Waals surface area contributed by atoms with Crippen LogP contribution in [0.1, 0.15) is 23.0 Å². The van der Waals surface area contributed by atoms with Crippen molar-refractivity contribution in [1.82, 2.24) is 19.5 Å². The molecule has 0 aliphatic heterocycles. The number of aryl methyl sites for hydroxylation is 1. The maximum Gasteiger partial charge on any atom is 0.406 e. The van der Waals surface area contributed by atoms with E-state index in [0.717, 1.165) is 29.5 Å². The molecule has 0 radical (unpaired) electrons. The summed E-state index contributed by atoms with van der Waals surface area (Å²) in [6.07, 6.45) is -3.87. The molecule has 0 unspecified atom stereocenters. The van der Waals surface area contributed by atoms with Crippen molar-refractivity contribution in [2.24, 2.45) is 0 Å². The molecule has 0 saturated carbocycles. The van der Waals surface area contributed by atoms with E-state index in [1.54, 1.807) is 6.07 Å². The second-order valence-corrected chi connectivity index (χ2v) is 6.73. The van der Waals surface area contributed by atoms with Crippen LogP contribution in [0.2, 0.25) is 0 Å². The highest BCUT2D eigenvalue weighted by molar-refractivity contribution is 5.95. The second kappa shape index (κ2) is 7.12. The highest BCUT2D eigenvalue weighted by Gasteiger charge is 2.31. The van der Waals surface area contributed by atoms with E-state index >= 15 is 0 Å². The monoisotopic (exact) mass is 420 g/mol. The largest absolute Gasteiger partial charge is 0.465 e. The highest BCUT2D eigenvalue weighted by Crippen LogP contribution is 2.31. The number of hydrogen-bond donors (Lipinski definition) is 1. The molecule has 4 rings (SSSR count). The Labute approximate surface area is 167 Å². The molecule has 156 valence electrons. The molecule has 0 saturated heterocycles. The molecule has 0 spiro atoms. The maximum absolute atomic E-state index is 14.4. The molecule has 3 heterocycles. The minimum atomic E-state index is -4.57. The van der Waals surface area contributed by atoms with Gasteiger partial charge in [0.1, 0.15) is 18.0 Å². The lowest BCUT2D eigenvalue weighted by Crippen LogP contribution is -2.18. The summed E-state index contributed by atoms with van der Waals surface area (Å²) in [5.41, 5.74) is 1.18. The third kappa shape index (κ3) is 3.49. The van der Waals surface area contributed by atoms with Gasteiger partial charge in [-0.25, -0.2) is 19.2 Å². The smallest absolute Gasteiger partial charge is 0.406 e. The summed E-state index contributed by atoms with van der Waals surface area (Å²) in [4.78, 5) is 23.4. The average molecular weight is 420 g/mol. The predicted molar refractivity (Wildman–Crippen MR) is 102 cm³/mol. The lowest BCUT2D eigenvalue weighted by molar-refractivity contribution is -0.139. The number of H-pyrrole nitrogens is 1. The van der Waals surface area contributed by atoms with Gasteiger partial charge < -0.3 is 14.3 Å². The van der Waals surface area contributed by atoms with Gasteiger partial charge in [0.15, 0.2) is 5.82 Å². The maximum atomic E-state index is 14.4. The molecule has 0 fully saturated rings. The Hall–Kier alpha value is -3.43. The van der Waals surface area contributed by atoms with Gasteiger partial charge >= 0.3 is 12.1 Å². The summed E-state index contributed by atoms with van der Waals surface area (Å²) in [5.74, 6) is -1.97. The number of esters is 1. The molecule has 1 aromatic carbocycles. The summed E-state index contributed by atoms with van der Waals surface area (Å²) >= 11 is 0. The first-order chi connectivity index (χ1) is 14.2. The van der Waals surface area contributed by atoms with Gasteiger partial charge in [-0.3, -0.25) is 0 Å². The lowest BCUT2D eigenvalue weighted by atomic mass is 10.2. The molecule has 4 aromatic rings. The van der Waals surface area contributed by atoms with Crippen LogP contribution in [0.25, 0.3) is 33.6 Å². The van der Waals surface area contributed by atoms with E-state index in [0.29, 0.717) is 23.1 Å². The zero-order valence-electron chi connectivity index (χ0n) is 16.0. The van der Waals surface area contributed by atoms with E-state index in [-0.39, 0.29) is 16.9 Å². The zero-order chi connectivity index (χ0) is 21.6. The molecule has 0 aliphatic carbocycles. The van der Waals surface area contributed by atoms with Gasteiger partial charge in [0.05, 0.1) is 29.4 Å². The molecule has 0 aliphatic rings. The molecule has 6 nitrogen and oxygen atoms in total. The number of carbonyl (C=O) groups excluding carboxylic acids is 1. The van der Waals surface area contributed by atoms with Gasteiger partial charge in [0.2, 0.25) is 0 Å². The van der Waals surface area contributed by atoms with Crippen molar-refractivity contribution in [2.75, 3.05) is 7.11 Å². The summed E-state index contributed by atoms with van der Waals surface area (Å²) in [5, 5.41) is 0.703. The Bertz CT molecular complexity index is 1270. The molecule has 3 aromatic heterocycles. The number of hydrogen-bond acceptors (Lipinski definition) is 4. The number of aromatic amines is 1. The van der Waals surface area contributed by atoms with Crippen molar-refractivity contribution in [3.8, 4) is 11.5 Å². The highest BCUT2D eigenvalue weighted by atomic mass is 19.4. The Kier molecular flexibility index (Phi) is 4.71. The lowest BCUT2D eigenvalue weighted by Gasteiger charge is -2.11. The number of imidazole rings is 1. The van der Waals surface area contributed by atoms with E-state index < -0.39 is 30.1 Å². The third-order valence-electron chi connectivity index (χ3n) is 4.72. The Morgan fingerprint density at radius 2 is 1.97 bits per heavy atom. The van der Waals surface area contributed by atoms with Crippen molar-refractivity contribution < 1.29 is 27.1 Å². The third-order valence-corrected chi connectivity index (χ3v) is 4.72. The van der Waals surface area contributed by atoms with Crippen molar-refractivity contribution in [2.45, 2.75) is 26.1 Å². The molecule has 0 amide bonds. The fourth-order valence-electron chi connectivity index (χ4n) is 3.32. The fraction of sp³-hybridized carbons (Fsp3) is 0.250. The summed E-state index contributed by atoms with van der Waals surface area (Å²) in [6.45, 7) is 0.563. The van der Waals surface area contributed by atoms with Gasteiger partial charge in [0.25, 0.3) is 0 Å². The number of ether oxygens (including phenoxy) is 1. The minimum Gasteiger partial charge on any atom is -0.465 e. The van der Waals surface area contributed by atoms with Crippen LogP contribution in [-0.2, 0) is 17.7 Å². The van der Waals surface area contributed by atoms with Crippen LogP contribution in [0.4, 0.5) is 17.6 Å². The number of carbonyl (C=O) groups is 1. The van der Waals surface area contributed by atoms with Crippen LogP contribution >= 0.6 is 0 Å². The molecule has 1 N–H and O–H groups in total.